The molecule has 1 amide bonds. The fourth-order valence-corrected chi connectivity index (χ4v) is 3.08. The van der Waals surface area contributed by atoms with Gasteiger partial charge in [-0.25, -0.2) is 9.48 Å². The molecule has 0 aliphatic carbocycles. The van der Waals surface area contributed by atoms with Gasteiger partial charge in [0.15, 0.2) is 5.65 Å². The minimum Gasteiger partial charge on any atom is -0.352 e. The van der Waals surface area contributed by atoms with Gasteiger partial charge in [0.05, 0.1) is 0 Å². The Kier molecular flexibility index (Phi) is 5.07. The summed E-state index contributed by atoms with van der Waals surface area (Å²) in [4.78, 5) is 39.5. The molecule has 0 fully saturated rings. The van der Waals surface area contributed by atoms with Gasteiger partial charge in [0.25, 0.3) is 11.5 Å². The lowest BCUT2D eigenvalue weighted by Gasteiger charge is -2.06. The molecule has 0 aliphatic rings. The summed E-state index contributed by atoms with van der Waals surface area (Å²) in [6.07, 6.45) is 2.17. The Morgan fingerprint density at radius 3 is 2.55 bits per heavy atom. The maximum Gasteiger partial charge on any atom is 0.350 e. The Morgan fingerprint density at radius 2 is 1.79 bits per heavy atom. The zero-order valence-corrected chi connectivity index (χ0v) is 15.5. The van der Waals surface area contributed by atoms with E-state index in [2.05, 4.69) is 15.4 Å². The second kappa shape index (κ2) is 7.97. The Labute approximate surface area is 165 Å². The molecule has 2 N–H and O–H groups in total. The molecule has 29 heavy (non-hydrogen) atoms. The Hall–Kier alpha value is -3.94. The van der Waals surface area contributed by atoms with E-state index in [1.165, 1.54) is 15.1 Å². The number of carbonyl (C=O) groups is 1. The summed E-state index contributed by atoms with van der Waals surface area (Å²) in [5.41, 5.74) is 1.48. The monoisotopic (exact) mass is 389 g/mol. The minimum absolute atomic E-state index is 0.0505. The predicted octanol–water partition coefficient (Wildman–Crippen LogP) is 1.67. The SMILES string of the molecule is O=C(NCCCn1nc2ccccn2c1=O)c1ccc(-c2ccccc2)[nH]c1=O. The van der Waals surface area contributed by atoms with Crippen LogP contribution in [-0.4, -0.2) is 31.6 Å². The number of aromatic amines is 1. The summed E-state index contributed by atoms with van der Waals surface area (Å²) in [6, 6.07) is 18.0. The highest BCUT2D eigenvalue weighted by atomic mass is 16.2. The summed E-state index contributed by atoms with van der Waals surface area (Å²) in [5, 5.41) is 6.95. The van der Waals surface area contributed by atoms with Gasteiger partial charge in [-0.1, -0.05) is 36.4 Å². The normalized spacial score (nSPS) is 10.9. The third-order valence-corrected chi connectivity index (χ3v) is 4.56. The standard InChI is InChI=1S/C21H19N5O3/c27-19(16-10-11-17(23-20(16)28)15-7-2-1-3-8-15)22-12-6-14-26-21(29)25-13-5-4-9-18(25)24-26/h1-5,7-11,13H,6,12,14H2,(H,22,27)(H,23,28). The number of aromatic nitrogens is 4. The van der Waals surface area contributed by atoms with Crippen LogP contribution in [0.2, 0.25) is 0 Å². The molecule has 0 atom stereocenters. The molecule has 0 aliphatic heterocycles. The van der Waals surface area contributed by atoms with Crippen LogP contribution in [-0.2, 0) is 6.54 Å². The van der Waals surface area contributed by atoms with E-state index >= 15 is 0 Å². The fraction of sp³-hybridized carbons (Fsp3) is 0.143. The summed E-state index contributed by atoms with van der Waals surface area (Å²) in [6.45, 7) is 0.684. The van der Waals surface area contributed by atoms with E-state index in [1.54, 1.807) is 24.4 Å². The van der Waals surface area contributed by atoms with E-state index in [9.17, 15) is 14.4 Å². The van der Waals surface area contributed by atoms with E-state index in [-0.39, 0.29) is 11.3 Å². The lowest BCUT2D eigenvalue weighted by atomic mass is 10.1. The summed E-state index contributed by atoms with van der Waals surface area (Å²) < 4.78 is 2.83. The van der Waals surface area contributed by atoms with Crippen molar-refractivity contribution in [3.05, 3.63) is 93.3 Å². The van der Waals surface area contributed by atoms with Crippen molar-refractivity contribution in [2.75, 3.05) is 6.54 Å². The van der Waals surface area contributed by atoms with Crippen molar-refractivity contribution < 1.29 is 4.79 Å². The molecule has 4 aromatic rings. The van der Waals surface area contributed by atoms with E-state index in [4.69, 9.17) is 0 Å². The first-order chi connectivity index (χ1) is 14.1. The van der Waals surface area contributed by atoms with Crippen LogP contribution in [0.3, 0.4) is 0 Å². The van der Waals surface area contributed by atoms with Crippen LogP contribution in [0.4, 0.5) is 0 Å². The van der Waals surface area contributed by atoms with Gasteiger partial charge in [-0.05, 0) is 36.2 Å². The van der Waals surface area contributed by atoms with Crippen molar-refractivity contribution in [3.63, 3.8) is 0 Å². The summed E-state index contributed by atoms with van der Waals surface area (Å²) in [5.74, 6) is -0.451. The molecule has 8 nitrogen and oxygen atoms in total. The Bertz CT molecular complexity index is 1270. The van der Waals surface area contributed by atoms with Crippen LogP contribution in [0, 0.1) is 0 Å². The van der Waals surface area contributed by atoms with E-state index in [1.807, 2.05) is 36.4 Å². The van der Waals surface area contributed by atoms with Gasteiger partial charge in [0.2, 0.25) is 0 Å². The number of carbonyl (C=O) groups excluding carboxylic acids is 1. The number of aryl methyl sites for hydroxylation is 1. The molecule has 146 valence electrons. The van der Waals surface area contributed by atoms with Crippen LogP contribution in [0.5, 0.6) is 0 Å². The average molecular weight is 389 g/mol. The van der Waals surface area contributed by atoms with Gasteiger partial charge in [0.1, 0.15) is 5.56 Å². The first kappa shape index (κ1) is 18.4. The van der Waals surface area contributed by atoms with Gasteiger partial charge < -0.3 is 10.3 Å². The third-order valence-electron chi connectivity index (χ3n) is 4.56. The fourth-order valence-electron chi connectivity index (χ4n) is 3.08. The lowest BCUT2D eigenvalue weighted by Crippen LogP contribution is -2.31. The molecule has 0 saturated heterocycles. The molecule has 1 aromatic carbocycles. The number of rotatable bonds is 6. The van der Waals surface area contributed by atoms with Gasteiger partial charge >= 0.3 is 5.69 Å². The topological polar surface area (TPSA) is 101 Å². The molecule has 3 aromatic heterocycles. The predicted molar refractivity (Wildman–Crippen MR) is 109 cm³/mol. The second-order valence-electron chi connectivity index (χ2n) is 6.52. The van der Waals surface area contributed by atoms with E-state index < -0.39 is 11.5 Å². The van der Waals surface area contributed by atoms with Gasteiger partial charge in [-0.2, -0.15) is 0 Å². The molecule has 0 spiro atoms. The average Bonchev–Trinajstić information content (AvgIpc) is 3.07. The number of benzene rings is 1. The highest BCUT2D eigenvalue weighted by Crippen LogP contribution is 2.14. The largest absolute Gasteiger partial charge is 0.352 e. The van der Waals surface area contributed by atoms with Crippen molar-refractivity contribution >= 4 is 11.6 Å². The first-order valence-electron chi connectivity index (χ1n) is 9.24. The number of pyridine rings is 2. The molecule has 0 radical (unpaired) electrons. The molecule has 4 rings (SSSR count). The zero-order chi connectivity index (χ0) is 20.2. The number of hydrogen-bond donors (Lipinski definition) is 2. The van der Waals surface area contributed by atoms with Gasteiger partial charge in [-0.15, -0.1) is 5.10 Å². The number of hydrogen-bond acceptors (Lipinski definition) is 4. The quantitative estimate of drug-likeness (QED) is 0.490. The van der Waals surface area contributed by atoms with Crippen LogP contribution in [0.15, 0.2) is 76.4 Å². The van der Waals surface area contributed by atoms with E-state index in [0.29, 0.717) is 30.9 Å². The van der Waals surface area contributed by atoms with Crippen LogP contribution in [0.25, 0.3) is 16.9 Å². The van der Waals surface area contributed by atoms with Crippen molar-refractivity contribution in [2.24, 2.45) is 0 Å². The number of amides is 1. The highest BCUT2D eigenvalue weighted by Gasteiger charge is 2.11. The van der Waals surface area contributed by atoms with Crippen molar-refractivity contribution in [2.45, 2.75) is 13.0 Å². The molecule has 0 bridgehead atoms. The highest BCUT2D eigenvalue weighted by molar-refractivity contribution is 5.94. The van der Waals surface area contributed by atoms with Crippen LogP contribution in [0.1, 0.15) is 16.8 Å². The maximum atomic E-state index is 12.3. The number of fused-ring (bicyclic) bond motifs is 1. The zero-order valence-electron chi connectivity index (χ0n) is 15.5. The Morgan fingerprint density at radius 1 is 1.00 bits per heavy atom. The van der Waals surface area contributed by atoms with Crippen LogP contribution >= 0.6 is 0 Å². The number of H-pyrrole nitrogens is 1. The Balaban J connectivity index is 1.36. The molecule has 0 unspecified atom stereocenters. The molecule has 8 heteroatoms. The number of nitrogens with zero attached hydrogens (tertiary/aromatic N) is 3. The number of nitrogens with one attached hydrogen (secondary N) is 2. The molecule has 3 heterocycles. The maximum absolute atomic E-state index is 12.3. The second-order valence-corrected chi connectivity index (χ2v) is 6.52. The van der Waals surface area contributed by atoms with E-state index in [0.717, 1.165) is 5.56 Å². The van der Waals surface area contributed by atoms with Gasteiger partial charge in [0, 0.05) is 25.0 Å². The first-order valence-corrected chi connectivity index (χ1v) is 9.24. The smallest absolute Gasteiger partial charge is 0.350 e. The lowest BCUT2D eigenvalue weighted by molar-refractivity contribution is 0.0951. The van der Waals surface area contributed by atoms with Crippen LogP contribution < -0.4 is 16.6 Å². The summed E-state index contributed by atoms with van der Waals surface area (Å²) >= 11 is 0. The van der Waals surface area contributed by atoms with Crippen molar-refractivity contribution in [3.8, 4) is 11.3 Å². The third kappa shape index (κ3) is 3.86. The van der Waals surface area contributed by atoms with Crippen molar-refractivity contribution in [1.82, 2.24) is 24.5 Å². The molecular weight excluding hydrogens is 370 g/mol. The molecule has 0 saturated carbocycles. The molecular formula is C21H19N5O3. The summed E-state index contributed by atoms with van der Waals surface area (Å²) in [7, 11) is 0. The van der Waals surface area contributed by atoms with Gasteiger partial charge in [-0.3, -0.25) is 14.0 Å². The van der Waals surface area contributed by atoms with Crippen molar-refractivity contribution in [1.29, 1.82) is 0 Å². The minimum atomic E-state index is -0.451.